The molecule has 0 atom stereocenters. The van der Waals surface area contributed by atoms with Crippen molar-refractivity contribution in [1.82, 2.24) is 5.32 Å². The molecule has 0 aliphatic heterocycles. The number of fused-ring (bicyclic) bond motifs is 1. The van der Waals surface area contributed by atoms with Crippen LogP contribution < -0.4 is 10.6 Å². The summed E-state index contributed by atoms with van der Waals surface area (Å²) in [6.45, 7) is 0.474. The minimum Gasteiger partial charge on any atom is -0.334 e. The summed E-state index contributed by atoms with van der Waals surface area (Å²) in [5.41, 5.74) is 1.93. The maximum Gasteiger partial charge on any atom is 0.319 e. The van der Waals surface area contributed by atoms with Gasteiger partial charge in [-0.2, -0.15) is 0 Å². The third kappa shape index (κ3) is 3.98. The molecule has 3 nitrogen and oxygen atoms in total. The van der Waals surface area contributed by atoms with Crippen molar-refractivity contribution in [2.45, 2.75) is 0 Å². The second-order valence-corrected chi connectivity index (χ2v) is 5.17. The van der Waals surface area contributed by atoms with Crippen LogP contribution in [-0.4, -0.2) is 12.6 Å². The summed E-state index contributed by atoms with van der Waals surface area (Å²) < 4.78 is 0. The number of para-hydroxylation sites is 1. The molecule has 0 unspecified atom stereocenters. The molecule has 23 heavy (non-hydrogen) atoms. The Bertz CT molecular complexity index is 820. The van der Waals surface area contributed by atoms with Crippen LogP contribution in [0.1, 0.15) is 5.56 Å². The van der Waals surface area contributed by atoms with Crippen LogP contribution in [0.25, 0.3) is 16.8 Å². The number of rotatable bonds is 4. The fraction of sp³-hybridized carbons (Fsp3) is 0.0500. The van der Waals surface area contributed by atoms with Crippen molar-refractivity contribution < 1.29 is 4.79 Å². The molecule has 0 heterocycles. The van der Waals surface area contributed by atoms with Crippen LogP contribution in [0.5, 0.6) is 0 Å². The van der Waals surface area contributed by atoms with Gasteiger partial charge < -0.3 is 10.6 Å². The van der Waals surface area contributed by atoms with E-state index in [0.29, 0.717) is 6.54 Å². The molecule has 0 saturated carbocycles. The number of amides is 2. The van der Waals surface area contributed by atoms with Gasteiger partial charge in [-0.05, 0) is 28.5 Å². The van der Waals surface area contributed by atoms with Gasteiger partial charge in [0.05, 0.1) is 0 Å². The predicted octanol–water partition coefficient (Wildman–Crippen LogP) is 4.67. The average Bonchev–Trinajstić information content (AvgIpc) is 2.60. The van der Waals surface area contributed by atoms with Crippen molar-refractivity contribution in [2.24, 2.45) is 0 Å². The summed E-state index contributed by atoms with van der Waals surface area (Å²) >= 11 is 0. The zero-order chi connectivity index (χ0) is 15.9. The SMILES string of the molecule is O=C(NCC=Cc1cccc2ccccc12)Nc1ccccc1. The molecule has 2 N–H and O–H groups in total. The lowest BCUT2D eigenvalue weighted by atomic mass is 10.0. The number of anilines is 1. The van der Waals surface area contributed by atoms with Crippen molar-refractivity contribution >= 4 is 28.6 Å². The van der Waals surface area contributed by atoms with Crippen molar-refractivity contribution in [3.63, 3.8) is 0 Å². The summed E-state index contributed by atoms with van der Waals surface area (Å²) in [4.78, 5) is 11.8. The molecule has 0 aliphatic carbocycles. The van der Waals surface area contributed by atoms with Gasteiger partial charge in [0.2, 0.25) is 0 Å². The number of hydrogen-bond acceptors (Lipinski definition) is 1. The number of hydrogen-bond donors (Lipinski definition) is 2. The van der Waals surface area contributed by atoms with Gasteiger partial charge in [0.25, 0.3) is 0 Å². The fourth-order valence-corrected chi connectivity index (χ4v) is 2.43. The Balaban J connectivity index is 1.57. The molecule has 0 aromatic heterocycles. The zero-order valence-electron chi connectivity index (χ0n) is 12.7. The maximum atomic E-state index is 11.8. The van der Waals surface area contributed by atoms with Gasteiger partial charge in [-0.1, -0.05) is 72.8 Å². The number of nitrogens with one attached hydrogen (secondary N) is 2. The van der Waals surface area contributed by atoms with Gasteiger partial charge in [0, 0.05) is 12.2 Å². The molecule has 3 aromatic carbocycles. The molecule has 0 fully saturated rings. The first kappa shape index (κ1) is 14.9. The molecule has 3 rings (SSSR count). The van der Waals surface area contributed by atoms with Crippen molar-refractivity contribution in [3.05, 3.63) is 84.4 Å². The second kappa shape index (κ2) is 7.27. The fourth-order valence-electron chi connectivity index (χ4n) is 2.43. The molecule has 0 aliphatic rings. The van der Waals surface area contributed by atoms with Gasteiger partial charge in [0.1, 0.15) is 0 Å². The Morgan fingerprint density at radius 1 is 0.870 bits per heavy atom. The van der Waals surface area contributed by atoms with E-state index in [1.165, 1.54) is 10.8 Å². The Morgan fingerprint density at radius 3 is 2.48 bits per heavy atom. The number of carbonyl (C=O) groups is 1. The third-order valence-electron chi connectivity index (χ3n) is 3.53. The van der Waals surface area contributed by atoms with Gasteiger partial charge in [0.15, 0.2) is 0 Å². The number of carbonyl (C=O) groups excluding carboxylic acids is 1. The highest BCUT2D eigenvalue weighted by molar-refractivity contribution is 5.91. The average molecular weight is 302 g/mol. The van der Waals surface area contributed by atoms with Crippen LogP contribution in [0.15, 0.2) is 78.9 Å². The van der Waals surface area contributed by atoms with Crippen LogP contribution >= 0.6 is 0 Å². The van der Waals surface area contributed by atoms with E-state index in [1.807, 2.05) is 60.7 Å². The highest BCUT2D eigenvalue weighted by atomic mass is 16.2. The van der Waals surface area contributed by atoms with Crippen molar-refractivity contribution in [1.29, 1.82) is 0 Å². The van der Waals surface area contributed by atoms with Crippen molar-refractivity contribution in [3.8, 4) is 0 Å². The second-order valence-electron chi connectivity index (χ2n) is 5.17. The molecule has 0 bridgehead atoms. The van der Waals surface area contributed by atoms with E-state index in [-0.39, 0.29) is 6.03 Å². The van der Waals surface area contributed by atoms with Gasteiger partial charge in [-0.3, -0.25) is 0 Å². The summed E-state index contributed by atoms with van der Waals surface area (Å²) in [6, 6.07) is 23.6. The number of urea groups is 1. The standard InChI is InChI=1S/C20H18N2O/c23-20(22-18-12-2-1-3-13-18)21-15-7-11-17-10-6-9-16-8-4-5-14-19(16)17/h1-14H,15H2,(H2,21,22,23). The first-order valence-corrected chi connectivity index (χ1v) is 7.57. The van der Waals surface area contributed by atoms with Crippen LogP contribution in [0.2, 0.25) is 0 Å². The largest absolute Gasteiger partial charge is 0.334 e. The first-order valence-electron chi connectivity index (χ1n) is 7.57. The predicted molar refractivity (Wildman–Crippen MR) is 96.4 cm³/mol. The topological polar surface area (TPSA) is 41.1 Å². The van der Waals surface area contributed by atoms with E-state index >= 15 is 0 Å². The van der Waals surface area contributed by atoms with Crippen LogP contribution in [0.4, 0.5) is 10.5 Å². The summed E-state index contributed by atoms with van der Waals surface area (Å²) in [5, 5.41) is 8.02. The Morgan fingerprint density at radius 2 is 1.61 bits per heavy atom. The molecule has 3 aromatic rings. The molecule has 0 radical (unpaired) electrons. The Kier molecular flexibility index (Phi) is 4.69. The Labute approximate surface area is 135 Å². The quantitative estimate of drug-likeness (QED) is 0.722. The van der Waals surface area contributed by atoms with Gasteiger partial charge in [-0.25, -0.2) is 4.79 Å². The lowest BCUT2D eigenvalue weighted by Gasteiger charge is -2.05. The first-order chi connectivity index (χ1) is 11.3. The minimum atomic E-state index is -0.209. The summed E-state index contributed by atoms with van der Waals surface area (Å²) in [5.74, 6) is 0. The van der Waals surface area contributed by atoms with E-state index < -0.39 is 0 Å². The zero-order valence-corrected chi connectivity index (χ0v) is 12.7. The van der Waals surface area contributed by atoms with Crippen molar-refractivity contribution in [2.75, 3.05) is 11.9 Å². The summed E-state index contributed by atoms with van der Waals surface area (Å²) in [7, 11) is 0. The van der Waals surface area contributed by atoms with Gasteiger partial charge in [-0.15, -0.1) is 0 Å². The molecule has 0 spiro atoms. The highest BCUT2D eigenvalue weighted by Gasteiger charge is 1.99. The summed E-state index contributed by atoms with van der Waals surface area (Å²) in [6.07, 6.45) is 3.98. The Hall–Kier alpha value is -3.07. The molecular formula is C20H18N2O. The molecular weight excluding hydrogens is 284 g/mol. The van der Waals surface area contributed by atoms with E-state index in [4.69, 9.17) is 0 Å². The van der Waals surface area contributed by atoms with Crippen LogP contribution in [0, 0.1) is 0 Å². The van der Waals surface area contributed by atoms with Crippen LogP contribution in [0.3, 0.4) is 0 Å². The molecule has 114 valence electrons. The smallest absolute Gasteiger partial charge is 0.319 e. The lowest BCUT2D eigenvalue weighted by molar-refractivity contribution is 0.253. The maximum absolute atomic E-state index is 11.8. The van der Waals surface area contributed by atoms with E-state index in [0.717, 1.165) is 11.3 Å². The lowest BCUT2D eigenvalue weighted by Crippen LogP contribution is -2.28. The van der Waals surface area contributed by atoms with E-state index in [9.17, 15) is 4.79 Å². The van der Waals surface area contributed by atoms with E-state index in [1.54, 1.807) is 0 Å². The minimum absolute atomic E-state index is 0.209. The van der Waals surface area contributed by atoms with Gasteiger partial charge >= 0.3 is 6.03 Å². The third-order valence-corrected chi connectivity index (χ3v) is 3.53. The highest BCUT2D eigenvalue weighted by Crippen LogP contribution is 2.19. The number of benzene rings is 3. The molecule has 0 saturated heterocycles. The van der Waals surface area contributed by atoms with E-state index in [2.05, 4.69) is 34.9 Å². The normalized spacial score (nSPS) is 10.8. The molecule has 3 heteroatoms. The monoisotopic (exact) mass is 302 g/mol. The molecule has 2 amide bonds. The van der Waals surface area contributed by atoms with Crippen LogP contribution in [-0.2, 0) is 0 Å².